The zero-order chi connectivity index (χ0) is 60.6. The molecule has 0 rings (SSSR count). The summed E-state index contributed by atoms with van der Waals surface area (Å²) in [6.07, 6.45) is 93.4. The number of unbranched alkanes of at least 4 members (excludes halogenated alkanes) is 63. The van der Waals surface area contributed by atoms with Crippen LogP contribution >= 0.6 is 0 Å². The van der Waals surface area contributed by atoms with E-state index in [1.54, 1.807) is 6.08 Å². The van der Waals surface area contributed by atoms with Gasteiger partial charge in [-0.3, -0.25) is 9.59 Å². The number of carbonyl (C=O) groups is 2. The zero-order valence-electron chi connectivity index (χ0n) is 57.4. The van der Waals surface area contributed by atoms with E-state index in [1.807, 2.05) is 6.08 Å². The number of nitrogens with one attached hydrogen (secondary N) is 1. The number of allylic oxidation sites excluding steroid dienone is 1. The first-order chi connectivity index (χ1) is 41.5. The topological polar surface area (TPSA) is 95.9 Å². The maximum atomic E-state index is 12.5. The van der Waals surface area contributed by atoms with Crippen molar-refractivity contribution in [2.75, 3.05) is 13.2 Å². The molecule has 0 saturated heterocycles. The molecule has 3 N–H and O–H groups in total. The minimum atomic E-state index is -0.840. The fourth-order valence-corrected chi connectivity index (χ4v) is 12.6. The summed E-state index contributed by atoms with van der Waals surface area (Å²) in [5, 5.41) is 23.2. The summed E-state index contributed by atoms with van der Waals surface area (Å²) >= 11 is 0. The molecule has 84 heavy (non-hydrogen) atoms. The summed E-state index contributed by atoms with van der Waals surface area (Å²) in [4.78, 5) is 24.6. The van der Waals surface area contributed by atoms with Crippen molar-refractivity contribution in [1.82, 2.24) is 5.32 Å². The lowest BCUT2D eigenvalue weighted by atomic mass is 10.0. The number of aliphatic hydroxyl groups is 2. The van der Waals surface area contributed by atoms with Gasteiger partial charge in [-0.1, -0.05) is 418 Å². The average molecular weight is 1190 g/mol. The molecule has 2 atom stereocenters. The first-order valence-corrected chi connectivity index (χ1v) is 39.0. The molecule has 0 heterocycles. The Morgan fingerprint density at radius 1 is 0.321 bits per heavy atom. The second kappa shape index (κ2) is 74.1. The number of amides is 1. The monoisotopic (exact) mass is 1180 g/mol. The highest BCUT2D eigenvalue weighted by Crippen LogP contribution is 2.20. The molecule has 0 aromatic carbocycles. The molecule has 0 aliphatic carbocycles. The SMILES string of the molecule is CCCCCCCCCCCCCCC/C=C/C(O)C(CO)NC(=O)CCCCCCCCCCCCCCCCCCCCCCCCCCCCCCCCCCCOC(=O)CCCCCCCCCCCCCCCCCCCCC. The van der Waals surface area contributed by atoms with E-state index in [0.717, 1.165) is 38.5 Å². The first-order valence-electron chi connectivity index (χ1n) is 39.0. The van der Waals surface area contributed by atoms with Gasteiger partial charge < -0.3 is 20.3 Å². The second-order valence-electron chi connectivity index (χ2n) is 27.1. The van der Waals surface area contributed by atoms with Crippen molar-refractivity contribution < 1.29 is 24.5 Å². The molecule has 2 unspecified atom stereocenters. The van der Waals surface area contributed by atoms with Crippen LogP contribution in [0.4, 0.5) is 0 Å². The van der Waals surface area contributed by atoms with Crippen molar-refractivity contribution in [3.63, 3.8) is 0 Å². The van der Waals surface area contributed by atoms with Crippen molar-refractivity contribution in [3.8, 4) is 0 Å². The van der Waals surface area contributed by atoms with Gasteiger partial charge in [0.25, 0.3) is 0 Å². The largest absolute Gasteiger partial charge is 0.466 e. The van der Waals surface area contributed by atoms with E-state index in [9.17, 15) is 19.8 Å². The van der Waals surface area contributed by atoms with Crippen LogP contribution in [0.25, 0.3) is 0 Å². The summed E-state index contributed by atoms with van der Waals surface area (Å²) in [5.74, 6) is -0.0324. The van der Waals surface area contributed by atoms with Gasteiger partial charge in [0.05, 0.1) is 25.4 Å². The van der Waals surface area contributed by atoms with Crippen LogP contribution in [-0.2, 0) is 14.3 Å². The Kier molecular flexibility index (Phi) is 72.8. The third-order valence-electron chi connectivity index (χ3n) is 18.6. The number of ether oxygens (including phenoxy) is 1. The molecule has 0 aliphatic rings. The molecule has 0 radical (unpaired) electrons. The predicted molar refractivity (Wildman–Crippen MR) is 370 cm³/mol. The molecular weight excluding hydrogens is 1030 g/mol. The van der Waals surface area contributed by atoms with Crippen LogP contribution in [0.15, 0.2) is 12.2 Å². The number of esters is 1. The van der Waals surface area contributed by atoms with Gasteiger partial charge in [0.15, 0.2) is 0 Å². The Hall–Kier alpha value is -1.40. The molecular formula is C78H153NO5. The van der Waals surface area contributed by atoms with Crippen LogP contribution in [0.5, 0.6) is 0 Å². The number of aliphatic hydroxyl groups excluding tert-OH is 2. The van der Waals surface area contributed by atoms with Gasteiger partial charge >= 0.3 is 5.97 Å². The molecule has 6 nitrogen and oxygen atoms in total. The van der Waals surface area contributed by atoms with Gasteiger partial charge in [-0.15, -0.1) is 0 Å². The van der Waals surface area contributed by atoms with Crippen LogP contribution in [-0.4, -0.2) is 47.4 Å². The van der Waals surface area contributed by atoms with Crippen LogP contribution in [0.1, 0.15) is 450 Å². The van der Waals surface area contributed by atoms with Gasteiger partial charge in [0, 0.05) is 12.8 Å². The summed E-state index contributed by atoms with van der Waals surface area (Å²) in [5.41, 5.74) is 0. The van der Waals surface area contributed by atoms with E-state index in [1.165, 1.54) is 385 Å². The standard InChI is InChI=1S/C78H153NO5/c1-3-5-7-9-11-13-15-17-19-20-36-40-44-48-52-56-60-64-68-72-78(83)84-73-69-65-61-57-53-49-45-41-38-35-33-31-29-27-25-23-21-22-24-26-28-30-32-34-37-39-43-47-51-55-59-63-67-71-77(82)79-75(74-80)76(81)70-66-62-58-54-50-46-42-18-16-14-12-10-8-6-4-2/h66,70,75-76,80-81H,3-65,67-69,71-74H2,1-2H3,(H,79,82)/b70-66+. The Bertz CT molecular complexity index is 1270. The molecule has 0 bridgehead atoms. The van der Waals surface area contributed by atoms with Crippen LogP contribution < -0.4 is 5.32 Å². The number of rotatable bonds is 74. The van der Waals surface area contributed by atoms with Crippen LogP contribution in [0, 0.1) is 0 Å². The quantitative estimate of drug-likeness (QED) is 0.0320. The van der Waals surface area contributed by atoms with Crippen molar-refractivity contribution in [2.45, 2.75) is 463 Å². The van der Waals surface area contributed by atoms with Gasteiger partial charge in [-0.25, -0.2) is 0 Å². The van der Waals surface area contributed by atoms with Crippen molar-refractivity contribution in [1.29, 1.82) is 0 Å². The lowest BCUT2D eigenvalue weighted by Crippen LogP contribution is -2.45. The molecule has 0 spiro atoms. The van der Waals surface area contributed by atoms with Gasteiger partial charge in [0.1, 0.15) is 0 Å². The van der Waals surface area contributed by atoms with Crippen LogP contribution in [0.3, 0.4) is 0 Å². The second-order valence-corrected chi connectivity index (χ2v) is 27.1. The fraction of sp³-hybridized carbons (Fsp3) is 0.949. The van der Waals surface area contributed by atoms with Crippen molar-refractivity contribution in [2.24, 2.45) is 0 Å². The lowest BCUT2D eigenvalue weighted by molar-refractivity contribution is -0.143. The third-order valence-corrected chi connectivity index (χ3v) is 18.6. The number of carbonyl (C=O) groups excluding carboxylic acids is 2. The predicted octanol–water partition coefficient (Wildman–Crippen LogP) is 25.5. The first kappa shape index (κ1) is 82.6. The Morgan fingerprint density at radius 2 is 0.548 bits per heavy atom. The van der Waals surface area contributed by atoms with E-state index >= 15 is 0 Å². The van der Waals surface area contributed by atoms with E-state index in [-0.39, 0.29) is 18.5 Å². The van der Waals surface area contributed by atoms with Crippen molar-refractivity contribution >= 4 is 11.9 Å². The zero-order valence-corrected chi connectivity index (χ0v) is 57.4. The average Bonchev–Trinajstić information content (AvgIpc) is 3.51. The smallest absolute Gasteiger partial charge is 0.305 e. The Labute approximate surface area is 527 Å². The third kappa shape index (κ3) is 69.7. The van der Waals surface area contributed by atoms with E-state index < -0.39 is 12.1 Å². The van der Waals surface area contributed by atoms with Gasteiger partial charge in [0.2, 0.25) is 5.91 Å². The highest BCUT2D eigenvalue weighted by molar-refractivity contribution is 5.76. The molecule has 1 amide bonds. The number of hydrogen-bond donors (Lipinski definition) is 3. The molecule has 0 saturated carbocycles. The lowest BCUT2D eigenvalue weighted by Gasteiger charge is -2.20. The van der Waals surface area contributed by atoms with E-state index in [0.29, 0.717) is 19.4 Å². The highest BCUT2D eigenvalue weighted by atomic mass is 16.5. The molecule has 500 valence electrons. The molecule has 0 aliphatic heterocycles. The normalized spacial score (nSPS) is 12.5. The molecule has 0 aromatic rings. The molecule has 6 heteroatoms. The maximum Gasteiger partial charge on any atom is 0.305 e. The number of hydrogen-bond acceptors (Lipinski definition) is 5. The minimum Gasteiger partial charge on any atom is -0.466 e. The summed E-state index contributed by atoms with van der Waals surface area (Å²) in [7, 11) is 0. The van der Waals surface area contributed by atoms with E-state index in [4.69, 9.17) is 4.74 Å². The summed E-state index contributed by atoms with van der Waals surface area (Å²) in [6, 6.07) is -0.623. The molecule has 0 aromatic heterocycles. The maximum absolute atomic E-state index is 12.5. The van der Waals surface area contributed by atoms with E-state index in [2.05, 4.69) is 19.2 Å². The summed E-state index contributed by atoms with van der Waals surface area (Å²) in [6.45, 7) is 4.96. The highest BCUT2D eigenvalue weighted by Gasteiger charge is 2.18. The van der Waals surface area contributed by atoms with Crippen LogP contribution in [0.2, 0.25) is 0 Å². The summed E-state index contributed by atoms with van der Waals surface area (Å²) < 4.78 is 5.52. The van der Waals surface area contributed by atoms with Gasteiger partial charge in [-0.2, -0.15) is 0 Å². The van der Waals surface area contributed by atoms with Gasteiger partial charge in [-0.05, 0) is 32.1 Å². The minimum absolute atomic E-state index is 0.0274. The van der Waals surface area contributed by atoms with Crippen molar-refractivity contribution in [3.05, 3.63) is 12.2 Å². The molecule has 0 fully saturated rings. The Morgan fingerprint density at radius 3 is 0.810 bits per heavy atom. The Balaban J connectivity index is 3.30. The fourth-order valence-electron chi connectivity index (χ4n) is 12.6.